The molecule has 1 unspecified atom stereocenters. The SMILES string of the molecule is CCC(Cl)CNCc1ccnc2ccccc12. The molecule has 0 fully saturated rings. The van der Waals surface area contributed by atoms with E-state index in [1.807, 2.05) is 24.4 Å². The Hall–Kier alpha value is -1.12. The molecule has 0 radical (unpaired) electrons. The standard InChI is InChI=1S/C14H17ClN2/c1-2-12(15)10-16-9-11-7-8-17-14-6-4-3-5-13(11)14/h3-8,12,16H,2,9-10H2,1H3. The number of rotatable bonds is 5. The van der Waals surface area contributed by atoms with Gasteiger partial charge < -0.3 is 5.32 Å². The Labute approximate surface area is 107 Å². The van der Waals surface area contributed by atoms with Gasteiger partial charge in [0.2, 0.25) is 0 Å². The molecule has 1 aromatic carbocycles. The first kappa shape index (κ1) is 12.3. The third kappa shape index (κ3) is 3.18. The lowest BCUT2D eigenvalue weighted by Crippen LogP contribution is -2.22. The fraction of sp³-hybridized carbons (Fsp3) is 0.357. The highest BCUT2D eigenvalue weighted by Crippen LogP contribution is 2.15. The molecule has 1 heterocycles. The number of fused-ring (bicyclic) bond motifs is 1. The summed E-state index contributed by atoms with van der Waals surface area (Å²) in [6, 6.07) is 10.3. The Kier molecular flexibility index (Phi) is 4.35. The van der Waals surface area contributed by atoms with Crippen molar-refractivity contribution in [3.8, 4) is 0 Å². The normalized spacial score (nSPS) is 12.8. The Morgan fingerprint density at radius 3 is 2.94 bits per heavy atom. The largest absolute Gasteiger partial charge is 0.311 e. The lowest BCUT2D eigenvalue weighted by Gasteiger charge is -2.10. The summed E-state index contributed by atoms with van der Waals surface area (Å²) in [5, 5.41) is 4.81. The van der Waals surface area contributed by atoms with Gasteiger partial charge in [-0.1, -0.05) is 25.1 Å². The van der Waals surface area contributed by atoms with E-state index in [-0.39, 0.29) is 5.38 Å². The van der Waals surface area contributed by atoms with Crippen LogP contribution < -0.4 is 5.32 Å². The third-order valence-corrected chi connectivity index (χ3v) is 3.33. The molecule has 2 rings (SSSR count). The van der Waals surface area contributed by atoms with Gasteiger partial charge in [0.15, 0.2) is 0 Å². The minimum Gasteiger partial charge on any atom is -0.311 e. The molecule has 0 saturated carbocycles. The summed E-state index contributed by atoms with van der Waals surface area (Å²) in [4.78, 5) is 4.35. The molecule has 2 nitrogen and oxygen atoms in total. The van der Waals surface area contributed by atoms with E-state index in [0.717, 1.165) is 25.0 Å². The summed E-state index contributed by atoms with van der Waals surface area (Å²) in [5.41, 5.74) is 2.32. The number of aromatic nitrogens is 1. The highest BCUT2D eigenvalue weighted by molar-refractivity contribution is 6.20. The molecule has 1 N–H and O–H groups in total. The molecule has 0 aliphatic carbocycles. The maximum atomic E-state index is 6.07. The first-order chi connectivity index (χ1) is 8.31. The van der Waals surface area contributed by atoms with Gasteiger partial charge in [-0.2, -0.15) is 0 Å². The first-order valence-corrected chi connectivity index (χ1v) is 6.42. The smallest absolute Gasteiger partial charge is 0.0705 e. The summed E-state index contributed by atoms with van der Waals surface area (Å²) >= 11 is 6.07. The monoisotopic (exact) mass is 248 g/mol. The number of para-hydroxylation sites is 1. The quantitative estimate of drug-likeness (QED) is 0.821. The number of benzene rings is 1. The molecule has 0 amide bonds. The third-order valence-electron chi connectivity index (χ3n) is 2.86. The highest BCUT2D eigenvalue weighted by Gasteiger charge is 2.03. The van der Waals surface area contributed by atoms with Crippen molar-refractivity contribution in [2.24, 2.45) is 0 Å². The molecule has 0 spiro atoms. The van der Waals surface area contributed by atoms with Crippen LogP contribution in [0.15, 0.2) is 36.5 Å². The lowest BCUT2D eigenvalue weighted by molar-refractivity contribution is 0.649. The predicted octanol–water partition coefficient (Wildman–Crippen LogP) is 3.34. The van der Waals surface area contributed by atoms with Crippen molar-refractivity contribution in [1.29, 1.82) is 0 Å². The molecule has 1 aromatic heterocycles. The number of hydrogen-bond donors (Lipinski definition) is 1. The van der Waals surface area contributed by atoms with E-state index >= 15 is 0 Å². The second kappa shape index (κ2) is 5.99. The highest BCUT2D eigenvalue weighted by atomic mass is 35.5. The van der Waals surface area contributed by atoms with E-state index in [9.17, 15) is 0 Å². The van der Waals surface area contributed by atoms with Gasteiger partial charge in [-0.3, -0.25) is 4.98 Å². The van der Waals surface area contributed by atoms with Crippen LogP contribution in [-0.4, -0.2) is 16.9 Å². The van der Waals surface area contributed by atoms with Crippen LogP contribution in [0, 0.1) is 0 Å². The molecule has 0 bridgehead atoms. The number of halogens is 1. The molecule has 0 saturated heterocycles. The van der Waals surface area contributed by atoms with Crippen molar-refractivity contribution in [2.45, 2.75) is 25.3 Å². The number of nitrogens with zero attached hydrogens (tertiary/aromatic N) is 1. The van der Waals surface area contributed by atoms with E-state index < -0.39 is 0 Å². The van der Waals surface area contributed by atoms with Crippen molar-refractivity contribution in [3.05, 3.63) is 42.1 Å². The molecular formula is C14H17ClN2. The fourth-order valence-corrected chi connectivity index (χ4v) is 1.93. The van der Waals surface area contributed by atoms with E-state index in [1.165, 1.54) is 10.9 Å². The molecule has 2 aromatic rings. The maximum Gasteiger partial charge on any atom is 0.0705 e. The Bertz CT molecular complexity index is 479. The van der Waals surface area contributed by atoms with E-state index in [4.69, 9.17) is 11.6 Å². The van der Waals surface area contributed by atoms with Crippen LogP contribution in [0.3, 0.4) is 0 Å². The van der Waals surface area contributed by atoms with Crippen molar-refractivity contribution in [3.63, 3.8) is 0 Å². The zero-order valence-electron chi connectivity index (χ0n) is 9.99. The summed E-state index contributed by atoms with van der Waals surface area (Å²) in [6.07, 6.45) is 2.85. The van der Waals surface area contributed by atoms with Crippen LogP contribution in [0.4, 0.5) is 0 Å². The molecule has 0 aliphatic heterocycles. The van der Waals surface area contributed by atoms with Gasteiger partial charge in [-0.05, 0) is 24.1 Å². The van der Waals surface area contributed by atoms with E-state index in [1.54, 1.807) is 0 Å². The Morgan fingerprint density at radius 2 is 2.12 bits per heavy atom. The fourth-order valence-electron chi connectivity index (χ4n) is 1.82. The van der Waals surface area contributed by atoms with Gasteiger partial charge >= 0.3 is 0 Å². The van der Waals surface area contributed by atoms with Gasteiger partial charge in [-0.25, -0.2) is 0 Å². The van der Waals surface area contributed by atoms with Gasteiger partial charge in [-0.15, -0.1) is 11.6 Å². The number of hydrogen-bond acceptors (Lipinski definition) is 2. The zero-order valence-corrected chi connectivity index (χ0v) is 10.7. The molecular weight excluding hydrogens is 232 g/mol. The predicted molar refractivity (Wildman–Crippen MR) is 73.4 cm³/mol. The minimum atomic E-state index is 0.211. The topological polar surface area (TPSA) is 24.9 Å². The summed E-state index contributed by atoms with van der Waals surface area (Å²) < 4.78 is 0. The van der Waals surface area contributed by atoms with Crippen LogP contribution >= 0.6 is 11.6 Å². The molecule has 3 heteroatoms. The number of nitrogens with one attached hydrogen (secondary N) is 1. The molecule has 90 valence electrons. The maximum absolute atomic E-state index is 6.07. The van der Waals surface area contributed by atoms with Crippen LogP contribution in [0.5, 0.6) is 0 Å². The molecule has 0 aliphatic rings. The molecule has 1 atom stereocenters. The molecule has 17 heavy (non-hydrogen) atoms. The minimum absolute atomic E-state index is 0.211. The van der Waals surface area contributed by atoms with Crippen LogP contribution in [0.25, 0.3) is 10.9 Å². The van der Waals surface area contributed by atoms with Crippen LogP contribution in [0.1, 0.15) is 18.9 Å². The number of pyridine rings is 1. The summed E-state index contributed by atoms with van der Waals surface area (Å²) in [6.45, 7) is 3.78. The lowest BCUT2D eigenvalue weighted by atomic mass is 10.1. The first-order valence-electron chi connectivity index (χ1n) is 5.98. The second-order valence-electron chi connectivity index (χ2n) is 4.12. The van der Waals surface area contributed by atoms with Gasteiger partial charge in [0, 0.05) is 30.0 Å². The Morgan fingerprint density at radius 1 is 1.29 bits per heavy atom. The summed E-state index contributed by atoms with van der Waals surface area (Å²) in [5.74, 6) is 0. The van der Waals surface area contributed by atoms with Gasteiger partial charge in [0.05, 0.1) is 5.52 Å². The van der Waals surface area contributed by atoms with E-state index in [2.05, 4.69) is 29.4 Å². The van der Waals surface area contributed by atoms with Crippen LogP contribution in [-0.2, 0) is 6.54 Å². The summed E-state index contributed by atoms with van der Waals surface area (Å²) in [7, 11) is 0. The van der Waals surface area contributed by atoms with Crippen molar-refractivity contribution in [1.82, 2.24) is 10.3 Å². The van der Waals surface area contributed by atoms with Crippen molar-refractivity contribution < 1.29 is 0 Å². The van der Waals surface area contributed by atoms with Crippen molar-refractivity contribution in [2.75, 3.05) is 6.54 Å². The average molecular weight is 249 g/mol. The van der Waals surface area contributed by atoms with Gasteiger partial charge in [0.1, 0.15) is 0 Å². The van der Waals surface area contributed by atoms with Crippen LogP contribution in [0.2, 0.25) is 0 Å². The second-order valence-corrected chi connectivity index (χ2v) is 4.74. The van der Waals surface area contributed by atoms with Gasteiger partial charge in [0.25, 0.3) is 0 Å². The van der Waals surface area contributed by atoms with E-state index in [0.29, 0.717) is 0 Å². The zero-order chi connectivity index (χ0) is 12.1. The Balaban J connectivity index is 2.08. The average Bonchev–Trinajstić information content (AvgIpc) is 2.39. The van der Waals surface area contributed by atoms with Crippen molar-refractivity contribution >= 4 is 22.5 Å². The number of alkyl halides is 1.